The van der Waals surface area contributed by atoms with Crippen molar-refractivity contribution < 1.29 is 17.9 Å². The number of ether oxygens (including phenoxy) is 1. The van der Waals surface area contributed by atoms with E-state index in [2.05, 4.69) is 4.72 Å². The molecule has 0 atom stereocenters. The fourth-order valence-corrected chi connectivity index (χ4v) is 2.78. The summed E-state index contributed by atoms with van der Waals surface area (Å²) in [5.74, 6) is 0.639. The number of sulfonamides is 1. The fraction of sp³-hybridized carbons (Fsp3) is 0.250. The Bertz CT molecular complexity index is 889. The van der Waals surface area contributed by atoms with Crippen LogP contribution in [-0.4, -0.2) is 45.7 Å². The van der Waals surface area contributed by atoms with Crippen molar-refractivity contribution in [2.75, 3.05) is 31.2 Å². The maximum atomic E-state index is 12.1. The molecule has 6 nitrogen and oxygen atoms in total. The molecule has 0 heterocycles. The Hall–Kier alpha value is -2.80. The molecule has 0 bridgehead atoms. The summed E-state index contributed by atoms with van der Waals surface area (Å²) in [7, 11) is -1.59. The zero-order valence-corrected chi connectivity index (χ0v) is 16.5. The summed E-state index contributed by atoms with van der Waals surface area (Å²) in [6, 6.07) is 14.5. The average Bonchev–Trinajstić information content (AvgIpc) is 2.61. The van der Waals surface area contributed by atoms with Gasteiger partial charge in [0.15, 0.2) is 0 Å². The standard InChI is InChI=1S/C20H24N2O4S/c1-16-4-11-19(12-5-16)26-15-14-22(2)20(23)13-8-17-6-9-18(10-7-17)21-27(3,24)25/h4-13,21H,14-15H2,1-3H3/b13-8+. The van der Waals surface area contributed by atoms with Gasteiger partial charge in [-0.05, 0) is 42.8 Å². The van der Waals surface area contributed by atoms with Crippen LogP contribution in [0.2, 0.25) is 0 Å². The molecule has 0 unspecified atom stereocenters. The van der Waals surface area contributed by atoms with E-state index >= 15 is 0 Å². The van der Waals surface area contributed by atoms with Crippen molar-refractivity contribution in [2.45, 2.75) is 6.92 Å². The van der Waals surface area contributed by atoms with Gasteiger partial charge >= 0.3 is 0 Å². The van der Waals surface area contributed by atoms with Gasteiger partial charge in [0.2, 0.25) is 15.9 Å². The van der Waals surface area contributed by atoms with Crippen LogP contribution in [0.4, 0.5) is 5.69 Å². The molecule has 1 amide bonds. The molecule has 0 aliphatic rings. The van der Waals surface area contributed by atoms with E-state index in [-0.39, 0.29) is 5.91 Å². The Kier molecular flexibility index (Phi) is 7.01. The number of nitrogens with zero attached hydrogens (tertiary/aromatic N) is 1. The Labute approximate surface area is 160 Å². The summed E-state index contributed by atoms with van der Waals surface area (Å²) in [4.78, 5) is 13.7. The first-order valence-corrected chi connectivity index (χ1v) is 10.3. The van der Waals surface area contributed by atoms with Crippen LogP contribution in [0.15, 0.2) is 54.6 Å². The largest absolute Gasteiger partial charge is 0.492 e. The zero-order valence-electron chi connectivity index (χ0n) is 15.7. The maximum Gasteiger partial charge on any atom is 0.246 e. The second kappa shape index (κ2) is 9.23. The van der Waals surface area contributed by atoms with Gasteiger partial charge in [-0.25, -0.2) is 8.42 Å². The van der Waals surface area contributed by atoms with Crippen LogP contribution in [-0.2, 0) is 14.8 Å². The fourth-order valence-electron chi connectivity index (χ4n) is 2.22. The molecule has 7 heteroatoms. The van der Waals surface area contributed by atoms with Crippen LogP contribution in [0.5, 0.6) is 5.75 Å². The summed E-state index contributed by atoms with van der Waals surface area (Å²) >= 11 is 0. The van der Waals surface area contributed by atoms with Crippen LogP contribution >= 0.6 is 0 Å². The Morgan fingerprint density at radius 2 is 1.74 bits per heavy atom. The van der Waals surface area contributed by atoms with Gasteiger partial charge in [0.05, 0.1) is 12.8 Å². The van der Waals surface area contributed by atoms with Gasteiger partial charge in [0, 0.05) is 18.8 Å². The summed E-state index contributed by atoms with van der Waals surface area (Å²) in [5, 5.41) is 0. The first kappa shape index (κ1) is 20.5. The Morgan fingerprint density at radius 1 is 1.11 bits per heavy atom. The highest BCUT2D eigenvalue weighted by atomic mass is 32.2. The number of carbonyl (C=O) groups is 1. The van der Waals surface area contributed by atoms with Crippen molar-refractivity contribution in [3.63, 3.8) is 0 Å². The van der Waals surface area contributed by atoms with E-state index in [9.17, 15) is 13.2 Å². The number of rotatable bonds is 8. The van der Waals surface area contributed by atoms with Gasteiger partial charge < -0.3 is 9.64 Å². The third-order valence-electron chi connectivity index (χ3n) is 3.72. The quantitative estimate of drug-likeness (QED) is 0.706. The second-order valence-electron chi connectivity index (χ2n) is 6.25. The van der Waals surface area contributed by atoms with Crippen LogP contribution in [0.3, 0.4) is 0 Å². The minimum absolute atomic E-state index is 0.138. The molecule has 27 heavy (non-hydrogen) atoms. The van der Waals surface area contributed by atoms with Gasteiger partial charge in [0.1, 0.15) is 12.4 Å². The summed E-state index contributed by atoms with van der Waals surface area (Å²) < 4.78 is 30.4. The first-order valence-electron chi connectivity index (χ1n) is 8.43. The lowest BCUT2D eigenvalue weighted by molar-refractivity contribution is -0.125. The van der Waals surface area contributed by atoms with Crippen LogP contribution in [0.1, 0.15) is 11.1 Å². The number of hydrogen-bond acceptors (Lipinski definition) is 4. The number of aryl methyl sites for hydroxylation is 1. The highest BCUT2D eigenvalue weighted by molar-refractivity contribution is 7.92. The number of likely N-dealkylation sites (N-methyl/N-ethyl adjacent to an activating group) is 1. The topological polar surface area (TPSA) is 75.7 Å². The third-order valence-corrected chi connectivity index (χ3v) is 4.33. The highest BCUT2D eigenvalue weighted by Crippen LogP contribution is 2.13. The van der Waals surface area contributed by atoms with Crippen LogP contribution in [0.25, 0.3) is 6.08 Å². The molecule has 2 aromatic carbocycles. The lowest BCUT2D eigenvalue weighted by Crippen LogP contribution is -2.29. The lowest BCUT2D eigenvalue weighted by atomic mass is 10.2. The van der Waals surface area contributed by atoms with Gasteiger partial charge in [-0.1, -0.05) is 29.8 Å². The number of carbonyl (C=O) groups excluding carboxylic acids is 1. The number of hydrogen-bond donors (Lipinski definition) is 1. The van der Waals surface area contributed by atoms with E-state index in [0.717, 1.165) is 17.6 Å². The van der Waals surface area contributed by atoms with Crippen LogP contribution < -0.4 is 9.46 Å². The third kappa shape index (κ3) is 7.53. The predicted molar refractivity (Wildman–Crippen MR) is 108 cm³/mol. The van der Waals surface area contributed by atoms with Gasteiger partial charge in [-0.15, -0.1) is 0 Å². The number of benzene rings is 2. The van der Waals surface area contributed by atoms with Gasteiger partial charge in [-0.2, -0.15) is 0 Å². The van der Waals surface area contributed by atoms with Crippen molar-refractivity contribution >= 4 is 27.7 Å². The summed E-state index contributed by atoms with van der Waals surface area (Å²) in [6.45, 7) is 2.89. The minimum atomic E-state index is -3.30. The van der Waals surface area contributed by atoms with Gasteiger partial charge in [-0.3, -0.25) is 9.52 Å². The minimum Gasteiger partial charge on any atom is -0.492 e. The second-order valence-corrected chi connectivity index (χ2v) is 8.00. The number of nitrogens with one attached hydrogen (secondary N) is 1. The number of anilines is 1. The highest BCUT2D eigenvalue weighted by Gasteiger charge is 2.05. The van der Waals surface area contributed by atoms with E-state index in [0.29, 0.717) is 18.8 Å². The van der Waals surface area contributed by atoms with E-state index < -0.39 is 10.0 Å². The monoisotopic (exact) mass is 388 g/mol. The molecule has 0 aliphatic heterocycles. The van der Waals surface area contributed by atoms with Crippen LogP contribution in [0, 0.1) is 6.92 Å². The molecular weight excluding hydrogens is 364 g/mol. The first-order chi connectivity index (χ1) is 12.7. The zero-order chi connectivity index (χ0) is 19.9. The average molecular weight is 388 g/mol. The molecule has 0 aliphatic carbocycles. The molecular formula is C20H24N2O4S. The molecule has 144 valence electrons. The Morgan fingerprint density at radius 3 is 2.33 bits per heavy atom. The molecule has 2 aromatic rings. The summed E-state index contributed by atoms with van der Waals surface area (Å²) in [6.07, 6.45) is 4.26. The molecule has 0 aromatic heterocycles. The van der Waals surface area contributed by atoms with Crippen molar-refractivity contribution in [1.82, 2.24) is 4.90 Å². The molecule has 1 N–H and O–H groups in total. The SMILES string of the molecule is Cc1ccc(OCCN(C)C(=O)/C=C/c2ccc(NS(C)(=O)=O)cc2)cc1. The van der Waals surface area contributed by atoms with E-state index in [1.165, 1.54) is 11.6 Å². The molecule has 2 rings (SSSR count). The molecule has 0 saturated heterocycles. The maximum absolute atomic E-state index is 12.1. The summed E-state index contributed by atoms with van der Waals surface area (Å²) in [5.41, 5.74) is 2.44. The lowest BCUT2D eigenvalue weighted by Gasteiger charge is -2.15. The normalized spacial score (nSPS) is 11.4. The molecule has 0 saturated carbocycles. The van der Waals surface area contributed by atoms with E-state index in [1.807, 2.05) is 31.2 Å². The predicted octanol–water partition coefficient (Wildman–Crippen LogP) is 2.92. The van der Waals surface area contributed by atoms with E-state index in [4.69, 9.17) is 4.74 Å². The van der Waals surface area contributed by atoms with Gasteiger partial charge in [0.25, 0.3) is 0 Å². The van der Waals surface area contributed by atoms with Crippen molar-refractivity contribution in [1.29, 1.82) is 0 Å². The molecule has 0 radical (unpaired) electrons. The molecule has 0 spiro atoms. The van der Waals surface area contributed by atoms with E-state index in [1.54, 1.807) is 42.3 Å². The van der Waals surface area contributed by atoms with Crippen molar-refractivity contribution in [3.8, 4) is 5.75 Å². The molecule has 0 fully saturated rings. The van der Waals surface area contributed by atoms with Crippen molar-refractivity contribution in [3.05, 3.63) is 65.7 Å². The smallest absolute Gasteiger partial charge is 0.246 e. The number of amides is 1. The Balaban J connectivity index is 1.81. The van der Waals surface area contributed by atoms with Crippen molar-refractivity contribution in [2.24, 2.45) is 0 Å².